The Balaban J connectivity index is 1.79. The Morgan fingerprint density at radius 2 is 2.18 bits per heavy atom. The maximum atomic E-state index is 12.5. The number of hydrogen-bond donors (Lipinski definition) is 0. The highest BCUT2D eigenvalue weighted by Gasteiger charge is 2.32. The number of nitrogens with zero attached hydrogens (tertiary/aromatic N) is 4. The van der Waals surface area contributed by atoms with Crippen LogP contribution in [0.4, 0.5) is 0 Å². The van der Waals surface area contributed by atoms with Gasteiger partial charge in [0.15, 0.2) is 5.65 Å². The van der Waals surface area contributed by atoms with Crippen LogP contribution in [0, 0.1) is 5.92 Å². The fourth-order valence-corrected chi connectivity index (χ4v) is 3.47. The Morgan fingerprint density at radius 3 is 2.86 bits per heavy atom. The van der Waals surface area contributed by atoms with Gasteiger partial charge in [0, 0.05) is 38.2 Å². The van der Waals surface area contributed by atoms with Crippen molar-refractivity contribution < 1.29 is 4.79 Å². The predicted molar refractivity (Wildman–Crippen MR) is 86.5 cm³/mol. The quantitative estimate of drug-likeness (QED) is 0.872. The van der Waals surface area contributed by atoms with Crippen molar-refractivity contribution in [3.8, 4) is 0 Å². The average molecular weight is 300 g/mol. The molecule has 2 aromatic rings. The van der Waals surface area contributed by atoms with Gasteiger partial charge in [-0.1, -0.05) is 13.8 Å². The molecule has 0 aliphatic carbocycles. The molecule has 22 heavy (non-hydrogen) atoms. The summed E-state index contributed by atoms with van der Waals surface area (Å²) in [4.78, 5) is 23.7. The van der Waals surface area contributed by atoms with Gasteiger partial charge in [-0.15, -0.1) is 0 Å². The minimum Gasteiger partial charge on any atom is -0.342 e. The Morgan fingerprint density at radius 1 is 1.41 bits per heavy atom. The molecule has 5 heteroatoms. The molecule has 1 amide bonds. The molecule has 5 nitrogen and oxygen atoms in total. The third-order valence-corrected chi connectivity index (χ3v) is 4.86. The van der Waals surface area contributed by atoms with Gasteiger partial charge in [-0.25, -0.2) is 9.97 Å². The lowest BCUT2D eigenvalue weighted by atomic mass is 10.0. The molecule has 1 fully saturated rings. The molecule has 0 saturated carbocycles. The Labute approximate surface area is 131 Å². The summed E-state index contributed by atoms with van der Waals surface area (Å²) in [7, 11) is 2.02. The molecule has 0 spiro atoms. The number of fused-ring (bicyclic) bond motifs is 1. The summed E-state index contributed by atoms with van der Waals surface area (Å²) < 4.78 is 2.07. The van der Waals surface area contributed by atoms with E-state index in [9.17, 15) is 4.79 Å². The Kier molecular flexibility index (Phi) is 4.14. The normalized spacial score (nSPS) is 18.5. The first kappa shape index (κ1) is 15.0. The smallest absolute Gasteiger partial charge is 0.225 e. The lowest BCUT2D eigenvalue weighted by Gasteiger charge is -2.21. The summed E-state index contributed by atoms with van der Waals surface area (Å²) in [6.45, 7) is 5.82. The van der Waals surface area contributed by atoms with E-state index in [1.165, 1.54) is 0 Å². The van der Waals surface area contributed by atoms with Crippen LogP contribution in [-0.4, -0.2) is 38.4 Å². The SMILES string of the molecule is CCC(CC)C(=O)N1CC[C@@H](c2nc3cccnc3n2C)C1. The van der Waals surface area contributed by atoms with E-state index in [1.54, 1.807) is 6.20 Å². The molecule has 1 aliphatic heterocycles. The number of amides is 1. The molecule has 0 N–H and O–H groups in total. The zero-order valence-corrected chi connectivity index (χ0v) is 13.6. The first-order valence-electron chi connectivity index (χ1n) is 8.21. The second-order valence-electron chi connectivity index (χ2n) is 6.16. The van der Waals surface area contributed by atoms with Crippen LogP contribution in [0.1, 0.15) is 44.9 Å². The number of hydrogen-bond acceptors (Lipinski definition) is 3. The van der Waals surface area contributed by atoms with Gasteiger partial charge >= 0.3 is 0 Å². The summed E-state index contributed by atoms with van der Waals surface area (Å²) in [6.07, 6.45) is 4.63. The van der Waals surface area contributed by atoms with Gasteiger partial charge in [0.1, 0.15) is 11.3 Å². The first-order valence-corrected chi connectivity index (χ1v) is 8.21. The van der Waals surface area contributed by atoms with Crippen molar-refractivity contribution in [3.63, 3.8) is 0 Å². The molecule has 0 aromatic carbocycles. The summed E-state index contributed by atoms with van der Waals surface area (Å²) in [5, 5.41) is 0. The Hall–Kier alpha value is -1.91. The van der Waals surface area contributed by atoms with E-state index >= 15 is 0 Å². The first-order chi connectivity index (χ1) is 10.7. The molecule has 2 aromatic heterocycles. The summed E-state index contributed by atoms with van der Waals surface area (Å²) in [6, 6.07) is 3.91. The van der Waals surface area contributed by atoms with Gasteiger partial charge in [-0.05, 0) is 31.4 Å². The number of carbonyl (C=O) groups excluding carboxylic acids is 1. The van der Waals surface area contributed by atoms with Crippen molar-refractivity contribution in [2.75, 3.05) is 13.1 Å². The highest BCUT2D eigenvalue weighted by Crippen LogP contribution is 2.29. The van der Waals surface area contributed by atoms with Gasteiger partial charge in [-0.2, -0.15) is 0 Å². The van der Waals surface area contributed by atoms with E-state index in [4.69, 9.17) is 4.98 Å². The summed E-state index contributed by atoms with van der Waals surface area (Å²) >= 11 is 0. The molecule has 1 atom stereocenters. The van der Waals surface area contributed by atoms with Crippen molar-refractivity contribution >= 4 is 17.1 Å². The maximum absolute atomic E-state index is 12.5. The maximum Gasteiger partial charge on any atom is 0.225 e. The molecule has 3 heterocycles. The number of rotatable bonds is 4. The lowest BCUT2D eigenvalue weighted by molar-refractivity contribution is -0.134. The Bertz CT molecular complexity index is 674. The van der Waals surface area contributed by atoms with Crippen LogP contribution >= 0.6 is 0 Å². The number of imidazole rings is 1. The highest BCUT2D eigenvalue weighted by atomic mass is 16.2. The summed E-state index contributed by atoms with van der Waals surface area (Å²) in [5.74, 6) is 1.84. The van der Waals surface area contributed by atoms with Gasteiger partial charge in [0.25, 0.3) is 0 Å². The van der Waals surface area contributed by atoms with E-state index in [-0.39, 0.29) is 5.92 Å². The molecular formula is C17H24N4O. The van der Waals surface area contributed by atoms with Gasteiger partial charge in [0.05, 0.1) is 0 Å². The van der Waals surface area contributed by atoms with Crippen molar-refractivity contribution in [3.05, 3.63) is 24.2 Å². The monoisotopic (exact) mass is 300 g/mol. The van der Waals surface area contributed by atoms with Crippen LogP contribution in [0.3, 0.4) is 0 Å². The summed E-state index contributed by atoms with van der Waals surface area (Å²) in [5.41, 5.74) is 1.85. The molecule has 1 saturated heterocycles. The number of aromatic nitrogens is 3. The zero-order chi connectivity index (χ0) is 15.7. The third kappa shape index (κ3) is 2.49. The van der Waals surface area contributed by atoms with Crippen molar-refractivity contribution in [1.82, 2.24) is 19.4 Å². The van der Waals surface area contributed by atoms with Gasteiger partial charge in [0.2, 0.25) is 5.91 Å². The number of likely N-dealkylation sites (tertiary alicyclic amines) is 1. The van der Waals surface area contributed by atoms with Gasteiger partial charge in [-0.3, -0.25) is 4.79 Å². The molecule has 0 radical (unpaired) electrons. The molecule has 3 rings (SSSR count). The molecular weight excluding hydrogens is 276 g/mol. The topological polar surface area (TPSA) is 51.0 Å². The second kappa shape index (κ2) is 6.07. The molecule has 118 valence electrons. The van der Waals surface area contributed by atoms with Crippen LogP contribution in [0.2, 0.25) is 0 Å². The van der Waals surface area contributed by atoms with E-state index in [0.717, 1.165) is 49.3 Å². The van der Waals surface area contributed by atoms with E-state index in [0.29, 0.717) is 11.8 Å². The van der Waals surface area contributed by atoms with Crippen LogP contribution in [-0.2, 0) is 11.8 Å². The number of carbonyl (C=O) groups is 1. The van der Waals surface area contributed by atoms with E-state index in [2.05, 4.69) is 23.4 Å². The van der Waals surface area contributed by atoms with Gasteiger partial charge < -0.3 is 9.47 Å². The number of aryl methyl sites for hydroxylation is 1. The van der Waals surface area contributed by atoms with Crippen LogP contribution in [0.25, 0.3) is 11.2 Å². The largest absolute Gasteiger partial charge is 0.342 e. The van der Waals surface area contributed by atoms with Crippen LogP contribution in [0.15, 0.2) is 18.3 Å². The van der Waals surface area contributed by atoms with Crippen molar-refractivity contribution in [2.24, 2.45) is 13.0 Å². The molecule has 0 bridgehead atoms. The number of pyridine rings is 1. The second-order valence-corrected chi connectivity index (χ2v) is 6.16. The standard InChI is InChI=1S/C17H24N4O/c1-4-12(5-2)17(22)21-10-8-13(11-21)15-19-14-7-6-9-18-16(14)20(15)3/h6-7,9,12-13H,4-5,8,10-11H2,1-3H3/t13-/m1/s1. The molecule has 1 aliphatic rings. The fourth-order valence-electron chi connectivity index (χ4n) is 3.47. The van der Waals surface area contributed by atoms with E-state index < -0.39 is 0 Å². The van der Waals surface area contributed by atoms with Crippen LogP contribution in [0.5, 0.6) is 0 Å². The van der Waals surface area contributed by atoms with Crippen LogP contribution < -0.4 is 0 Å². The zero-order valence-electron chi connectivity index (χ0n) is 13.6. The van der Waals surface area contributed by atoms with Crippen molar-refractivity contribution in [1.29, 1.82) is 0 Å². The minimum atomic E-state index is 0.167. The van der Waals surface area contributed by atoms with Crippen molar-refractivity contribution in [2.45, 2.75) is 39.0 Å². The fraction of sp³-hybridized carbons (Fsp3) is 0.588. The lowest BCUT2D eigenvalue weighted by Crippen LogP contribution is -2.34. The minimum absolute atomic E-state index is 0.167. The van der Waals surface area contributed by atoms with E-state index in [1.807, 2.05) is 24.1 Å². The average Bonchev–Trinajstić information content (AvgIpc) is 3.14. The third-order valence-electron chi connectivity index (χ3n) is 4.86. The predicted octanol–water partition coefficient (Wildman–Crippen LogP) is 2.72. The highest BCUT2D eigenvalue weighted by molar-refractivity contribution is 5.79. The molecule has 0 unspecified atom stereocenters.